The zero-order valence-electron chi connectivity index (χ0n) is 10.6. The molecule has 0 saturated heterocycles. The second-order valence-electron chi connectivity index (χ2n) is 4.48. The summed E-state index contributed by atoms with van der Waals surface area (Å²) in [5, 5.41) is 9.47. The lowest BCUT2D eigenvalue weighted by atomic mass is 10.1. The highest BCUT2D eigenvalue weighted by Gasteiger charge is 2.28. The third kappa shape index (κ3) is 2.08. The Kier molecular flexibility index (Phi) is 3.18. The fraction of sp³-hybridized carbons (Fsp3) is 0.286. The van der Waals surface area contributed by atoms with Gasteiger partial charge in [-0.1, -0.05) is 6.07 Å². The van der Waals surface area contributed by atoms with Gasteiger partial charge < -0.3 is 9.88 Å². The average Bonchev–Trinajstić information content (AvgIpc) is 3.09. The van der Waals surface area contributed by atoms with Gasteiger partial charge in [0.2, 0.25) is 0 Å². The largest absolute Gasteiger partial charge is 0.350 e. The van der Waals surface area contributed by atoms with Gasteiger partial charge in [-0.25, -0.2) is 4.98 Å². The lowest BCUT2D eigenvalue weighted by molar-refractivity contribution is 0.746. The highest BCUT2D eigenvalue weighted by molar-refractivity contribution is 7.98. The number of aromatic amines is 1. The van der Waals surface area contributed by atoms with Gasteiger partial charge in [-0.2, -0.15) is 5.26 Å². The molecular weight excluding hydrogens is 256 g/mol. The summed E-state index contributed by atoms with van der Waals surface area (Å²) in [6.07, 6.45) is 6.41. The predicted octanol–water partition coefficient (Wildman–Crippen LogP) is 2.76. The first-order valence-corrected chi connectivity index (χ1v) is 7.37. The molecule has 0 radical (unpaired) electrons. The van der Waals surface area contributed by atoms with Crippen LogP contribution in [0.1, 0.15) is 17.3 Å². The number of fused-ring (bicyclic) bond motifs is 1. The summed E-state index contributed by atoms with van der Waals surface area (Å²) in [6, 6.07) is 8.57. The lowest BCUT2D eigenvalue weighted by Gasteiger charge is -2.24. The number of hydrogen-bond acceptors (Lipinski definition) is 4. The van der Waals surface area contributed by atoms with Crippen molar-refractivity contribution in [2.45, 2.75) is 17.4 Å². The van der Waals surface area contributed by atoms with E-state index in [-0.39, 0.29) is 6.04 Å². The molecule has 1 aromatic carbocycles. The predicted molar refractivity (Wildman–Crippen MR) is 76.2 cm³/mol. The van der Waals surface area contributed by atoms with Crippen LogP contribution >= 0.6 is 11.8 Å². The summed E-state index contributed by atoms with van der Waals surface area (Å²) in [6.45, 7) is 0.879. The molecule has 2 aromatic rings. The molecule has 3 rings (SSSR count). The standard InChI is InChI=1S/C14H14N4S/c1-19-11-3-2-10-4-5-18(13(10)6-11)14(7-15)12-8-16-9-17-12/h2-3,6,8-9,14H,4-5H2,1H3,(H,16,17). The van der Waals surface area contributed by atoms with E-state index in [4.69, 9.17) is 0 Å². The molecule has 96 valence electrons. The zero-order chi connectivity index (χ0) is 13.2. The van der Waals surface area contributed by atoms with E-state index in [0.717, 1.165) is 18.7 Å². The van der Waals surface area contributed by atoms with E-state index in [1.54, 1.807) is 24.3 Å². The molecule has 1 N–H and O–H groups in total. The molecule has 4 nitrogen and oxygen atoms in total. The summed E-state index contributed by atoms with van der Waals surface area (Å²) in [5.41, 5.74) is 3.34. The quantitative estimate of drug-likeness (QED) is 0.871. The number of H-pyrrole nitrogens is 1. The average molecular weight is 270 g/mol. The molecule has 19 heavy (non-hydrogen) atoms. The minimum Gasteiger partial charge on any atom is -0.350 e. The Morgan fingerprint density at radius 1 is 1.53 bits per heavy atom. The maximum atomic E-state index is 9.47. The molecule has 0 spiro atoms. The van der Waals surface area contributed by atoms with Crippen LogP contribution in [0.25, 0.3) is 0 Å². The van der Waals surface area contributed by atoms with Crippen LogP contribution in [-0.4, -0.2) is 22.8 Å². The Morgan fingerprint density at radius 2 is 2.42 bits per heavy atom. The van der Waals surface area contributed by atoms with Gasteiger partial charge >= 0.3 is 0 Å². The van der Waals surface area contributed by atoms with E-state index in [2.05, 4.69) is 45.4 Å². The van der Waals surface area contributed by atoms with Crippen molar-refractivity contribution in [3.8, 4) is 6.07 Å². The minimum atomic E-state index is -0.291. The highest BCUT2D eigenvalue weighted by atomic mass is 32.2. The van der Waals surface area contributed by atoms with E-state index in [1.807, 2.05) is 0 Å². The number of anilines is 1. The number of nitrogens with zero attached hydrogens (tertiary/aromatic N) is 3. The second-order valence-corrected chi connectivity index (χ2v) is 5.36. The molecule has 1 aliphatic rings. The van der Waals surface area contributed by atoms with Crippen molar-refractivity contribution < 1.29 is 0 Å². The third-order valence-corrected chi connectivity index (χ3v) is 4.20. The van der Waals surface area contributed by atoms with Gasteiger partial charge in [-0.15, -0.1) is 11.8 Å². The maximum absolute atomic E-state index is 9.47. The van der Waals surface area contributed by atoms with E-state index in [9.17, 15) is 5.26 Å². The molecule has 2 heterocycles. The summed E-state index contributed by atoms with van der Waals surface area (Å²) in [7, 11) is 0. The van der Waals surface area contributed by atoms with Crippen molar-refractivity contribution in [1.29, 1.82) is 5.26 Å². The molecule has 0 bridgehead atoms. The molecule has 1 atom stereocenters. The molecule has 0 aliphatic carbocycles. The lowest BCUT2D eigenvalue weighted by Crippen LogP contribution is -2.25. The van der Waals surface area contributed by atoms with Crippen molar-refractivity contribution in [1.82, 2.24) is 9.97 Å². The first-order valence-electron chi connectivity index (χ1n) is 6.15. The summed E-state index contributed by atoms with van der Waals surface area (Å²) in [5.74, 6) is 0. The Bertz CT molecular complexity index is 615. The van der Waals surface area contributed by atoms with Crippen molar-refractivity contribution in [3.05, 3.63) is 42.0 Å². The van der Waals surface area contributed by atoms with Crippen LogP contribution in [0.2, 0.25) is 0 Å². The number of nitriles is 1. The summed E-state index contributed by atoms with van der Waals surface area (Å²) in [4.78, 5) is 10.4. The maximum Gasteiger partial charge on any atom is 0.159 e. The number of benzene rings is 1. The highest BCUT2D eigenvalue weighted by Crippen LogP contribution is 2.36. The topological polar surface area (TPSA) is 55.7 Å². The van der Waals surface area contributed by atoms with Gasteiger partial charge in [0, 0.05) is 17.1 Å². The molecule has 0 amide bonds. The van der Waals surface area contributed by atoms with E-state index < -0.39 is 0 Å². The number of nitrogens with one attached hydrogen (secondary N) is 1. The Balaban J connectivity index is 1.99. The minimum absolute atomic E-state index is 0.291. The summed E-state index contributed by atoms with van der Waals surface area (Å²) >= 11 is 1.72. The number of hydrogen-bond donors (Lipinski definition) is 1. The molecule has 1 aliphatic heterocycles. The van der Waals surface area contributed by atoms with Crippen LogP contribution in [0.15, 0.2) is 35.6 Å². The van der Waals surface area contributed by atoms with Crippen LogP contribution in [0, 0.1) is 11.3 Å². The third-order valence-electron chi connectivity index (χ3n) is 3.47. The SMILES string of the molecule is CSc1ccc2c(c1)N(C(C#N)c1cnc[nH]1)CC2. The van der Waals surface area contributed by atoms with Crippen LogP contribution in [-0.2, 0) is 6.42 Å². The summed E-state index contributed by atoms with van der Waals surface area (Å²) < 4.78 is 0. The van der Waals surface area contributed by atoms with E-state index in [1.165, 1.54) is 16.1 Å². The molecular formula is C14H14N4S. The Hall–Kier alpha value is -1.93. The molecule has 0 saturated carbocycles. The van der Waals surface area contributed by atoms with Crippen molar-refractivity contribution in [3.63, 3.8) is 0 Å². The van der Waals surface area contributed by atoms with Gasteiger partial charge in [0.25, 0.3) is 0 Å². The number of imidazole rings is 1. The van der Waals surface area contributed by atoms with E-state index in [0.29, 0.717) is 0 Å². The van der Waals surface area contributed by atoms with Gasteiger partial charge in [0.1, 0.15) is 0 Å². The monoisotopic (exact) mass is 270 g/mol. The van der Waals surface area contributed by atoms with Crippen LogP contribution in [0.3, 0.4) is 0 Å². The smallest absolute Gasteiger partial charge is 0.159 e. The number of aromatic nitrogens is 2. The molecule has 0 fully saturated rings. The van der Waals surface area contributed by atoms with Crippen LogP contribution < -0.4 is 4.90 Å². The molecule has 5 heteroatoms. The van der Waals surface area contributed by atoms with Crippen molar-refractivity contribution >= 4 is 17.4 Å². The number of thioether (sulfide) groups is 1. The van der Waals surface area contributed by atoms with E-state index >= 15 is 0 Å². The van der Waals surface area contributed by atoms with Crippen LogP contribution in [0.5, 0.6) is 0 Å². The normalized spacial score (nSPS) is 15.1. The second kappa shape index (κ2) is 4.98. The van der Waals surface area contributed by atoms with Crippen molar-refractivity contribution in [2.75, 3.05) is 17.7 Å². The number of rotatable bonds is 3. The Morgan fingerprint density at radius 3 is 3.11 bits per heavy atom. The molecule has 1 unspecified atom stereocenters. The van der Waals surface area contributed by atoms with Gasteiger partial charge in [-0.05, 0) is 30.4 Å². The zero-order valence-corrected chi connectivity index (χ0v) is 11.4. The Labute approximate surface area is 116 Å². The van der Waals surface area contributed by atoms with Gasteiger partial charge in [-0.3, -0.25) is 0 Å². The molecule has 1 aromatic heterocycles. The first kappa shape index (κ1) is 12.1. The fourth-order valence-electron chi connectivity index (χ4n) is 2.50. The van der Waals surface area contributed by atoms with Crippen molar-refractivity contribution in [2.24, 2.45) is 0 Å². The fourth-order valence-corrected chi connectivity index (χ4v) is 2.94. The van der Waals surface area contributed by atoms with Gasteiger partial charge in [0.15, 0.2) is 6.04 Å². The first-order chi connectivity index (χ1) is 9.33. The van der Waals surface area contributed by atoms with Crippen LogP contribution in [0.4, 0.5) is 5.69 Å². The van der Waals surface area contributed by atoms with Gasteiger partial charge in [0.05, 0.1) is 24.3 Å².